The molecule has 0 aliphatic heterocycles. The molecule has 0 saturated carbocycles. The van der Waals surface area contributed by atoms with Gasteiger partial charge in [0.25, 0.3) is 0 Å². The van der Waals surface area contributed by atoms with Crippen molar-refractivity contribution in [1.29, 1.82) is 0 Å². The molecule has 5 nitrogen and oxygen atoms in total. The summed E-state index contributed by atoms with van der Waals surface area (Å²) in [5, 5.41) is 14.7. The van der Waals surface area contributed by atoms with Gasteiger partial charge in [0.15, 0.2) is 0 Å². The molecule has 0 aliphatic carbocycles. The van der Waals surface area contributed by atoms with Crippen LogP contribution in [0.25, 0.3) is 0 Å². The van der Waals surface area contributed by atoms with Crippen LogP contribution in [0.1, 0.15) is 32.8 Å². The summed E-state index contributed by atoms with van der Waals surface area (Å²) in [5.74, 6) is 0.0391. The Morgan fingerprint density at radius 1 is 1.30 bits per heavy atom. The van der Waals surface area contributed by atoms with Crippen molar-refractivity contribution < 1.29 is 23.4 Å². The SMILES string of the molecule is CC(O)CC(C)(C)CNC(=O)NCc1ccccc1OC(F)F. The summed E-state index contributed by atoms with van der Waals surface area (Å²) in [4.78, 5) is 11.8. The van der Waals surface area contributed by atoms with Crippen LogP contribution in [0.15, 0.2) is 24.3 Å². The maximum Gasteiger partial charge on any atom is 0.387 e. The van der Waals surface area contributed by atoms with E-state index in [9.17, 15) is 18.7 Å². The van der Waals surface area contributed by atoms with Crippen LogP contribution in [0.5, 0.6) is 5.75 Å². The summed E-state index contributed by atoms with van der Waals surface area (Å²) >= 11 is 0. The van der Waals surface area contributed by atoms with E-state index in [1.165, 1.54) is 6.07 Å². The third kappa shape index (κ3) is 7.78. The smallest absolute Gasteiger partial charge is 0.387 e. The van der Waals surface area contributed by atoms with Crippen LogP contribution >= 0.6 is 0 Å². The molecule has 0 aromatic heterocycles. The number of aliphatic hydroxyl groups is 1. The van der Waals surface area contributed by atoms with Crippen LogP contribution in [-0.2, 0) is 6.54 Å². The number of hydrogen-bond donors (Lipinski definition) is 3. The van der Waals surface area contributed by atoms with E-state index in [1.807, 2.05) is 13.8 Å². The monoisotopic (exact) mass is 330 g/mol. The molecule has 0 spiro atoms. The van der Waals surface area contributed by atoms with Crippen LogP contribution in [0.4, 0.5) is 13.6 Å². The highest BCUT2D eigenvalue weighted by Crippen LogP contribution is 2.21. The Morgan fingerprint density at radius 3 is 2.57 bits per heavy atom. The molecule has 0 saturated heterocycles. The molecule has 3 N–H and O–H groups in total. The molecule has 1 aromatic rings. The quantitative estimate of drug-likeness (QED) is 0.686. The lowest BCUT2D eigenvalue weighted by molar-refractivity contribution is -0.0504. The van der Waals surface area contributed by atoms with Gasteiger partial charge in [-0.25, -0.2) is 4.79 Å². The maximum absolute atomic E-state index is 12.3. The van der Waals surface area contributed by atoms with E-state index in [2.05, 4.69) is 15.4 Å². The normalized spacial score (nSPS) is 12.8. The molecule has 1 unspecified atom stereocenters. The van der Waals surface area contributed by atoms with Crippen molar-refractivity contribution in [2.45, 2.75) is 46.5 Å². The fourth-order valence-electron chi connectivity index (χ4n) is 2.29. The molecule has 0 aliphatic rings. The number of halogens is 2. The first-order chi connectivity index (χ1) is 10.7. The van der Waals surface area contributed by atoms with Gasteiger partial charge in [-0.15, -0.1) is 0 Å². The van der Waals surface area contributed by atoms with E-state index in [0.29, 0.717) is 18.5 Å². The predicted octanol–water partition coefficient (Wildman–Crippen LogP) is 2.88. The van der Waals surface area contributed by atoms with Gasteiger partial charge in [-0.3, -0.25) is 0 Å². The zero-order valence-electron chi connectivity index (χ0n) is 13.6. The molecule has 0 bridgehead atoms. The lowest BCUT2D eigenvalue weighted by Crippen LogP contribution is -2.41. The predicted molar refractivity (Wildman–Crippen MR) is 83.4 cm³/mol. The van der Waals surface area contributed by atoms with Gasteiger partial charge in [0.05, 0.1) is 6.10 Å². The number of benzene rings is 1. The van der Waals surface area contributed by atoms with Gasteiger partial charge in [-0.2, -0.15) is 8.78 Å². The molecule has 1 rings (SSSR count). The Labute approximate surface area is 135 Å². The minimum absolute atomic E-state index is 0.0391. The van der Waals surface area contributed by atoms with Gasteiger partial charge >= 0.3 is 12.6 Å². The Bertz CT molecular complexity index is 508. The Balaban J connectivity index is 2.48. The second-order valence-corrected chi connectivity index (χ2v) is 6.24. The summed E-state index contributed by atoms with van der Waals surface area (Å²) in [6.07, 6.45) is 0.103. The first kappa shape index (κ1) is 19.2. The van der Waals surface area contributed by atoms with Gasteiger partial charge in [-0.05, 0) is 24.8 Å². The standard InChI is InChI=1S/C16H24F2N2O3/c1-11(21)8-16(2,3)10-20-15(22)19-9-12-6-4-5-7-13(12)23-14(17)18/h4-7,11,14,21H,8-10H2,1-3H3,(H2,19,20,22). The second kappa shape index (κ2) is 8.67. The molecule has 130 valence electrons. The van der Waals surface area contributed by atoms with Crippen molar-refractivity contribution in [2.24, 2.45) is 5.41 Å². The summed E-state index contributed by atoms with van der Waals surface area (Å²) < 4.78 is 29.0. The van der Waals surface area contributed by atoms with E-state index < -0.39 is 18.7 Å². The molecule has 1 atom stereocenters. The molecule has 0 fully saturated rings. The molecular formula is C16H24F2N2O3. The zero-order chi connectivity index (χ0) is 17.5. The molecule has 7 heteroatoms. The minimum Gasteiger partial charge on any atom is -0.434 e. The lowest BCUT2D eigenvalue weighted by Gasteiger charge is -2.26. The highest BCUT2D eigenvalue weighted by atomic mass is 19.3. The van der Waals surface area contributed by atoms with E-state index in [1.54, 1.807) is 25.1 Å². The first-order valence-electron chi connectivity index (χ1n) is 7.42. The van der Waals surface area contributed by atoms with Crippen LogP contribution < -0.4 is 15.4 Å². The third-order valence-corrected chi connectivity index (χ3v) is 3.20. The van der Waals surface area contributed by atoms with Gasteiger partial charge < -0.3 is 20.5 Å². The Hall–Kier alpha value is -1.89. The van der Waals surface area contributed by atoms with E-state index >= 15 is 0 Å². The Morgan fingerprint density at radius 2 is 1.96 bits per heavy atom. The van der Waals surface area contributed by atoms with Gasteiger partial charge in [-0.1, -0.05) is 32.0 Å². The number of ether oxygens (including phenoxy) is 1. The van der Waals surface area contributed by atoms with Crippen LogP contribution in [0.3, 0.4) is 0 Å². The maximum atomic E-state index is 12.3. The lowest BCUT2D eigenvalue weighted by atomic mass is 9.87. The van der Waals surface area contributed by atoms with Gasteiger partial charge in [0.2, 0.25) is 0 Å². The van der Waals surface area contributed by atoms with Crippen LogP contribution in [-0.4, -0.2) is 30.4 Å². The number of aliphatic hydroxyl groups excluding tert-OH is 1. The molecule has 0 radical (unpaired) electrons. The Kier molecular flexibility index (Phi) is 7.22. The van der Waals surface area contributed by atoms with Gasteiger partial charge in [0, 0.05) is 18.7 Å². The average Bonchev–Trinajstić information content (AvgIpc) is 2.42. The van der Waals surface area contributed by atoms with Crippen molar-refractivity contribution in [3.63, 3.8) is 0 Å². The number of nitrogens with one attached hydrogen (secondary N) is 2. The second-order valence-electron chi connectivity index (χ2n) is 6.24. The summed E-state index contributed by atoms with van der Waals surface area (Å²) in [7, 11) is 0. The topological polar surface area (TPSA) is 70.6 Å². The van der Waals surface area contributed by atoms with Crippen molar-refractivity contribution in [1.82, 2.24) is 10.6 Å². The zero-order valence-corrected chi connectivity index (χ0v) is 13.6. The number of hydrogen-bond acceptors (Lipinski definition) is 3. The van der Waals surface area contributed by atoms with Crippen LogP contribution in [0.2, 0.25) is 0 Å². The van der Waals surface area contributed by atoms with Crippen LogP contribution in [0, 0.1) is 5.41 Å². The largest absolute Gasteiger partial charge is 0.434 e. The molecule has 0 heterocycles. The number of carbonyl (C=O) groups is 1. The highest BCUT2D eigenvalue weighted by molar-refractivity contribution is 5.73. The van der Waals surface area contributed by atoms with Crippen molar-refractivity contribution in [3.8, 4) is 5.75 Å². The number of carbonyl (C=O) groups excluding carboxylic acids is 1. The summed E-state index contributed by atoms with van der Waals surface area (Å²) in [6.45, 7) is 3.12. The summed E-state index contributed by atoms with van der Waals surface area (Å²) in [5.41, 5.74) is 0.216. The van der Waals surface area contributed by atoms with E-state index in [0.717, 1.165) is 0 Å². The van der Waals surface area contributed by atoms with Crippen molar-refractivity contribution in [2.75, 3.05) is 6.54 Å². The fourth-order valence-corrected chi connectivity index (χ4v) is 2.29. The number of urea groups is 1. The number of alkyl halides is 2. The molecular weight excluding hydrogens is 306 g/mol. The summed E-state index contributed by atoms with van der Waals surface area (Å²) in [6, 6.07) is 5.89. The highest BCUT2D eigenvalue weighted by Gasteiger charge is 2.21. The average molecular weight is 330 g/mol. The number of amides is 2. The van der Waals surface area contributed by atoms with Gasteiger partial charge in [0.1, 0.15) is 5.75 Å². The van der Waals surface area contributed by atoms with Crippen molar-refractivity contribution in [3.05, 3.63) is 29.8 Å². The fraction of sp³-hybridized carbons (Fsp3) is 0.562. The molecule has 1 aromatic carbocycles. The van der Waals surface area contributed by atoms with Crippen molar-refractivity contribution >= 4 is 6.03 Å². The van der Waals surface area contributed by atoms with E-state index in [-0.39, 0.29) is 17.7 Å². The van der Waals surface area contributed by atoms with E-state index in [4.69, 9.17) is 0 Å². The molecule has 2 amide bonds. The third-order valence-electron chi connectivity index (χ3n) is 3.20. The number of rotatable bonds is 8. The first-order valence-corrected chi connectivity index (χ1v) is 7.42. The molecule has 23 heavy (non-hydrogen) atoms. The minimum atomic E-state index is -2.91. The number of para-hydroxylation sites is 1.